The first-order valence-corrected chi connectivity index (χ1v) is 6.48. The van der Waals surface area contributed by atoms with E-state index < -0.39 is 0 Å². The Labute approximate surface area is 115 Å². The van der Waals surface area contributed by atoms with Crippen molar-refractivity contribution in [1.82, 2.24) is 10.5 Å². The van der Waals surface area contributed by atoms with Gasteiger partial charge in [0.05, 0.1) is 6.20 Å². The van der Waals surface area contributed by atoms with Gasteiger partial charge in [0.1, 0.15) is 11.8 Å². The molecule has 0 aliphatic rings. The Kier molecular flexibility index (Phi) is 3.50. The van der Waals surface area contributed by atoms with Gasteiger partial charge in [-0.1, -0.05) is 23.4 Å². The number of aryl methyl sites for hydroxylation is 1. The SMILES string of the molecule is O=C(NCCCc1cnoc1)c1cc2ccccc2o1. The predicted molar refractivity (Wildman–Crippen MR) is 73.4 cm³/mol. The molecule has 5 nitrogen and oxygen atoms in total. The number of para-hydroxylation sites is 1. The van der Waals surface area contributed by atoms with Gasteiger partial charge in [-0.05, 0) is 25.0 Å². The van der Waals surface area contributed by atoms with Crippen molar-refractivity contribution < 1.29 is 13.7 Å². The van der Waals surface area contributed by atoms with Crippen molar-refractivity contribution in [3.8, 4) is 0 Å². The minimum Gasteiger partial charge on any atom is -0.451 e. The van der Waals surface area contributed by atoms with Crippen molar-refractivity contribution in [2.45, 2.75) is 12.8 Å². The van der Waals surface area contributed by atoms with Gasteiger partial charge >= 0.3 is 0 Å². The molecule has 2 heterocycles. The largest absolute Gasteiger partial charge is 0.451 e. The van der Waals surface area contributed by atoms with Crippen LogP contribution in [0.1, 0.15) is 22.5 Å². The molecule has 0 spiro atoms. The third kappa shape index (κ3) is 2.71. The molecule has 2 aromatic heterocycles. The van der Waals surface area contributed by atoms with Crippen LogP contribution in [0.2, 0.25) is 0 Å². The molecule has 20 heavy (non-hydrogen) atoms. The van der Waals surface area contributed by atoms with Crippen molar-refractivity contribution >= 4 is 16.9 Å². The lowest BCUT2D eigenvalue weighted by Crippen LogP contribution is -2.24. The molecule has 1 N–H and O–H groups in total. The Hall–Kier alpha value is -2.56. The number of hydrogen-bond donors (Lipinski definition) is 1. The second kappa shape index (κ2) is 5.61. The van der Waals surface area contributed by atoms with Gasteiger partial charge in [-0.3, -0.25) is 4.79 Å². The van der Waals surface area contributed by atoms with Gasteiger partial charge in [0, 0.05) is 17.5 Å². The molecular formula is C15H14N2O3. The second-order valence-electron chi connectivity index (χ2n) is 4.54. The van der Waals surface area contributed by atoms with Crippen LogP contribution in [0.3, 0.4) is 0 Å². The molecule has 0 aliphatic carbocycles. The van der Waals surface area contributed by atoms with Crippen molar-refractivity contribution in [3.63, 3.8) is 0 Å². The molecule has 0 bridgehead atoms. The lowest BCUT2D eigenvalue weighted by atomic mass is 10.2. The fraction of sp³-hybridized carbons (Fsp3) is 0.200. The summed E-state index contributed by atoms with van der Waals surface area (Å²) >= 11 is 0. The number of carbonyl (C=O) groups excluding carboxylic acids is 1. The van der Waals surface area contributed by atoms with E-state index in [0.29, 0.717) is 12.3 Å². The Balaban J connectivity index is 1.53. The number of furan rings is 1. The van der Waals surface area contributed by atoms with E-state index in [1.54, 1.807) is 18.5 Å². The maximum Gasteiger partial charge on any atom is 0.287 e. The number of nitrogens with one attached hydrogen (secondary N) is 1. The molecule has 5 heteroatoms. The third-order valence-corrected chi connectivity index (χ3v) is 3.06. The summed E-state index contributed by atoms with van der Waals surface area (Å²) in [6.07, 6.45) is 4.94. The Morgan fingerprint density at radius 1 is 1.30 bits per heavy atom. The fourth-order valence-electron chi connectivity index (χ4n) is 2.03. The van der Waals surface area contributed by atoms with Gasteiger partial charge in [0.15, 0.2) is 5.76 Å². The van der Waals surface area contributed by atoms with Crippen molar-refractivity contribution in [2.75, 3.05) is 6.54 Å². The van der Waals surface area contributed by atoms with Crippen molar-refractivity contribution in [2.24, 2.45) is 0 Å². The molecular weight excluding hydrogens is 256 g/mol. The van der Waals surface area contributed by atoms with E-state index in [1.807, 2.05) is 24.3 Å². The van der Waals surface area contributed by atoms with Gasteiger partial charge in [-0.2, -0.15) is 0 Å². The standard InChI is InChI=1S/C15H14N2O3/c18-15(16-7-3-4-11-9-17-19-10-11)14-8-12-5-1-2-6-13(12)20-14/h1-2,5-6,8-10H,3-4,7H2,(H,16,18). The first-order valence-electron chi connectivity index (χ1n) is 6.48. The van der Waals surface area contributed by atoms with Gasteiger partial charge in [-0.15, -0.1) is 0 Å². The first-order chi connectivity index (χ1) is 9.83. The van der Waals surface area contributed by atoms with Crippen LogP contribution in [0, 0.1) is 0 Å². The average molecular weight is 270 g/mol. The maximum atomic E-state index is 11.9. The van der Waals surface area contributed by atoms with E-state index in [2.05, 4.69) is 10.5 Å². The smallest absolute Gasteiger partial charge is 0.287 e. The molecule has 0 saturated heterocycles. The fourth-order valence-corrected chi connectivity index (χ4v) is 2.03. The predicted octanol–water partition coefficient (Wildman–Crippen LogP) is 2.78. The lowest BCUT2D eigenvalue weighted by molar-refractivity contribution is 0.0927. The van der Waals surface area contributed by atoms with Crippen molar-refractivity contribution in [3.05, 3.63) is 54.1 Å². The summed E-state index contributed by atoms with van der Waals surface area (Å²) < 4.78 is 10.2. The molecule has 1 amide bonds. The number of amides is 1. The summed E-state index contributed by atoms with van der Waals surface area (Å²) in [6.45, 7) is 0.584. The summed E-state index contributed by atoms with van der Waals surface area (Å²) in [5, 5.41) is 7.40. The zero-order valence-electron chi connectivity index (χ0n) is 10.8. The first kappa shape index (κ1) is 12.5. The molecule has 3 rings (SSSR count). The van der Waals surface area contributed by atoms with Crippen LogP contribution in [0.4, 0.5) is 0 Å². The number of carbonyl (C=O) groups is 1. The third-order valence-electron chi connectivity index (χ3n) is 3.06. The summed E-state index contributed by atoms with van der Waals surface area (Å²) in [5.41, 5.74) is 1.75. The van der Waals surface area contributed by atoms with E-state index in [0.717, 1.165) is 29.4 Å². The van der Waals surface area contributed by atoms with E-state index >= 15 is 0 Å². The Bertz CT molecular complexity index is 668. The van der Waals surface area contributed by atoms with Gasteiger partial charge in [-0.25, -0.2) is 0 Å². The highest BCUT2D eigenvalue weighted by atomic mass is 16.5. The molecule has 0 aliphatic heterocycles. The minimum atomic E-state index is -0.188. The summed E-state index contributed by atoms with van der Waals surface area (Å²) in [4.78, 5) is 11.9. The van der Waals surface area contributed by atoms with E-state index in [-0.39, 0.29) is 5.91 Å². The number of aromatic nitrogens is 1. The van der Waals surface area contributed by atoms with E-state index in [9.17, 15) is 4.79 Å². The number of rotatable bonds is 5. The van der Waals surface area contributed by atoms with Crippen LogP contribution in [-0.2, 0) is 6.42 Å². The number of fused-ring (bicyclic) bond motifs is 1. The number of nitrogens with zero attached hydrogens (tertiary/aromatic N) is 1. The quantitative estimate of drug-likeness (QED) is 0.724. The topological polar surface area (TPSA) is 68.3 Å². The molecule has 0 atom stereocenters. The highest BCUT2D eigenvalue weighted by Gasteiger charge is 2.11. The normalized spacial score (nSPS) is 10.8. The molecule has 0 saturated carbocycles. The highest BCUT2D eigenvalue weighted by Crippen LogP contribution is 2.18. The lowest BCUT2D eigenvalue weighted by Gasteiger charge is -2.01. The number of hydrogen-bond acceptors (Lipinski definition) is 4. The van der Waals surface area contributed by atoms with Crippen molar-refractivity contribution in [1.29, 1.82) is 0 Å². The molecule has 0 unspecified atom stereocenters. The molecule has 3 aromatic rings. The second-order valence-corrected chi connectivity index (χ2v) is 4.54. The van der Waals surface area contributed by atoms with Gasteiger partial charge < -0.3 is 14.3 Å². The highest BCUT2D eigenvalue weighted by molar-refractivity contribution is 5.95. The zero-order valence-corrected chi connectivity index (χ0v) is 10.8. The summed E-state index contributed by atoms with van der Waals surface area (Å²) in [6, 6.07) is 9.31. The van der Waals surface area contributed by atoms with Crippen LogP contribution in [0.25, 0.3) is 11.0 Å². The van der Waals surface area contributed by atoms with Crippen LogP contribution in [-0.4, -0.2) is 17.6 Å². The molecule has 0 radical (unpaired) electrons. The monoisotopic (exact) mass is 270 g/mol. The molecule has 1 aromatic carbocycles. The average Bonchev–Trinajstić information content (AvgIpc) is 3.12. The summed E-state index contributed by atoms with van der Waals surface area (Å²) in [7, 11) is 0. The van der Waals surface area contributed by atoms with Crippen LogP contribution in [0.15, 0.2) is 51.7 Å². The number of benzene rings is 1. The zero-order chi connectivity index (χ0) is 13.8. The van der Waals surface area contributed by atoms with Crippen LogP contribution < -0.4 is 5.32 Å². The summed E-state index contributed by atoms with van der Waals surface area (Å²) in [5.74, 6) is 0.155. The molecule has 102 valence electrons. The maximum absolute atomic E-state index is 11.9. The van der Waals surface area contributed by atoms with E-state index in [4.69, 9.17) is 8.94 Å². The minimum absolute atomic E-state index is 0.188. The Morgan fingerprint density at radius 2 is 2.20 bits per heavy atom. The Morgan fingerprint density at radius 3 is 3.00 bits per heavy atom. The van der Waals surface area contributed by atoms with Crippen LogP contribution >= 0.6 is 0 Å². The van der Waals surface area contributed by atoms with Crippen LogP contribution in [0.5, 0.6) is 0 Å². The van der Waals surface area contributed by atoms with Gasteiger partial charge in [0.2, 0.25) is 0 Å². The van der Waals surface area contributed by atoms with E-state index in [1.165, 1.54) is 0 Å². The van der Waals surface area contributed by atoms with Gasteiger partial charge in [0.25, 0.3) is 5.91 Å². The molecule has 0 fully saturated rings.